The predicted molar refractivity (Wildman–Crippen MR) is 110 cm³/mol. The van der Waals surface area contributed by atoms with Crippen molar-refractivity contribution in [3.8, 4) is 0 Å². The largest absolute Gasteiger partial charge is 0.0901 e. The van der Waals surface area contributed by atoms with Crippen LogP contribution in [-0.2, 0) is 0 Å². The molecule has 0 heterocycles. The average molecular weight is 347 g/mol. The van der Waals surface area contributed by atoms with E-state index in [0.29, 0.717) is 0 Å². The monoisotopic (exact) mass is 346 g/mol. The summed E-state index contributed by atoms with van der Waals surface area (Å²) in [6.07, 6.45) is 12.4. The number of hydrogen-bond donors (Lipinski definition) is 0. The quantitative estimate of drug-likeness (QED) is 0.549. The zero-order valence-electron chi connectivity index (χ0n) is 15.3. The first-order chi connectivity index (χ1) is 12.2. The van der Waals surface area contributed by atoms with Crippen LogP contribution in [0.2, 0.25) is 0 Å². The molecule has 0 fully saturated rings. The molecule has 25 heavy (non-hydrogen) atoms. The van der Waals surface area contributed by atoms with Gasteiger partial charge in [-0.15, -0.1) is 0 Å². The highest BCUT2D eigenvalue weighted by molar-refractivity contribution is 7.99. The van der Waals surface area contributed by atoms with Crippen molar-refractivity contribution in [1.82, 2.24) is 0 Å². The molecule has 0 bridgehead atoms. The van der Waals surface area contributed by atoms with E-state index >= 15 is 0 Å². The Kier molecular flexibility index (Phi) is 4.85. The lowest BCUT2D eigenvalue weighted by atomic mass is 10.0. The van der Waals surface area contributed by atoms with E-state index in [1.807, 2.05) is 11.8 Å². The summed E-state index contributed by atoms with van der Waals surface area (Å²) in [4.78, 5) is 2.70. The molecule has 2 aliphatic carbocycles. The summed E-state index contributed by atoms with van der Waals surface area (Å²) in [6, 6.07) is 13.9. The third-order valence-electron chi connectivity index (χ3n) is 5.43. The normalized spacial score (nSPS) is 16.9. The summed E-state index contributed by atoms with van der Waals surface area (Å²) in [7, 11) is 0. The van der Waals surface area contributed by atoms with Crippen LogP contribution in [0.5, 0.6) is 0 Å². The maximum Gasteiger partial charge on any atom is 0.0128 e. The molecule has 4 rings (SSSR count). The first-order valence-electron chi connectivity index (χ1n) is 9.49. The van der Waals surface area contributed by atoms with Crippen molar-refractivity contribution in [2.45, 2.75) is 62.2 Å². The average Bonchev–Trinajstić information content (AvgIpc) is 3.31. The Morgan fingerprint density at radius 2 is 1.16 bits per heavy atom. The van der Waals surface area contributed by atoms with E-state index in [0.717, 1.165) is 0 Å². The van der Waals surface area contributed by atoms with Crippen LogP contribution in [-0.4, -0.2) is 0 Å². The molecule has 2 aliphatic rings. The molecule has 128 valence electrons. The maximum absolute atomic E-state index is 2.42. The van der Waals surface area contributed by atoms with Crippen molar-refractivity contribution in [2.75, 3.05) is 0 Å². The first-order valence-corrected chi connectivity index (χ1v) is 10.3. The van der Waals surface area contributed by atoms with Gasteiger partial charge in [-0.05, 0) is 110 Å². The topological polar surface area (TPSA) is 0 Å². The zero-order valence-corrected chi connectivity index (χ0v) is 16.1. The first kappa shape index (κ1) is 16.7. The van der Waals surface area contributed by atoms with E-state index in [1.165, 1.54) is 70.6 Å². The zero-order chi connectivity index (χ0) is 17.2. The molecule has 2 aromatic carbocycles. The molecule has 1 heteroatoms. The minimum absolute atomic E-state index is 1.23. The highest BCUT2D eigenvalue weighted by atomic mass is 32.2. The molecule has 0 spiro atoms. The minimum Gasteiger partial charge on any atom is -0.0901 e. The van der Waals surface area contributed by atoms with Crippen LogP contribution in [0.1, 0.15) is 60.8 Å². The summed E-state index contributed by atoms with van der Waals surface area (Å²) in [5, 5.41) is 0. The summed E-state index contributed by atoms with van der Waals surface area (Å²) in [5.41, 5.74) is 8.79. The van der Waals surface area contributed by atoms with Crippen LogP contribution in [0, 0.1) is 13.8 Å². The molecule has 2 aromatic rings. The molecule has 0 saturated carbocycles. The van der Waals surface area contributed by atoms with Crippen molar-refractivity contribution in [1.29, 1.82) is 0 Å². The van der Waals surface area contributed by atoms with E-state index < -0.39 is 0 Å². The molecule has 0 N–H and O–H groups in total. The maximum atomic E-state index is 2.42. The van der Waals surface area contributed by atoms with Gasteiger partial charge in [-0.2, -0.15) is 0 Å². The Bertz CT molecular complexity index is 783. The highest BCUT2D eigenvalue weighted by Gasteiger charge is 2.13. The van der Waals surface area contributed by atoms with E-state index in [9.17, 15) is 0 Å². The third-order valence-corrected chi connectivity index (χ3v) is 6.41. The van der Waals surface area contributed by atoms with Gasteiger partial charge >= 0.3 is 0 Å². The molecule has 0 unspecified atom stereocenters. The second-order valence-electron chi connectivity index (χ2n) is 7.30. The van der Waals surface area contributed by atoms with Gasteiger partial charge in [0.1, 0.15) is 0 Å². The van der Waals surface area contributed by atoms with Crippen molar-refractivity contribution in [3.05, 3.63) is 70.8 Å². The summed E-state index contributed by atoms with van der Waals surface area (Å²) in [6.45, 7) is 4.47. The standard InChI is InChI=1S/C24H26S/c1-17-11-13-21(15-23(17)19-7-3-4-8-19)25-22-14-12-18(2)24(16-22)20-9-5-6-10-20/h7,9,11-16H,3-6,8,10H2,1-2H3. The van der Waals surface area contributed by atoms with Crippen LogP contribution in [0.15, 0.2) is 58.3 Å². The van der Waals surface area contributed by atoms with Gasteiger partial charge in [-0.25, -0.2) is 0 Å². The van der Waals surface area contributed by atoms with E-state index in [2.05, 4.69) is 62.4 Å². The second kappa shape index (κ2) is 7.25. The van der Waals surface area contributed by atoms with E-state index in [-0.39, 0.29) is 0 Å². The molecular weight excluding hydrogens is 320 g/mol. The molecule has 0 amide bonds. The Balaban J connectivity index is 1.62. The fraction of sp³-hybridized carbons (Fsp3) is 0.333. The van der Waals surface area contributed by atoms with Gasteiger partial charge in [-0.1, -0.05) is 36.0 Å². The van der Waals surface area contributed by atoms with Crippen LogP contribution in [0.3, 0.4) is 0 Å². The van der Waals surface area contributed by atoms with Gasteiger partial charge in [0, 0.05) is 9.79 Å². The molecule has 0 aromatic heterocycles. The van der Waals surface area contributed by atoms with Crippen molar-refractivity contribution >= 4 is 22.9 Å². The van der Waals surface area contributed by atoms with Gasteiger partial charge in [-0.3, -0.25) is 0 Å². The van der Waals surface area contributed by atoms with Crippen LogP contribution in [0.4, 0.5) is 0 Å². The van der Waals surface area contributed by atoms with Gasteiger partial charge in [0.2, 0.25) is 0 Å². The number of hydrogen-bond acceptors (Lipinski definition) is 1. The third kappa shape index (κ3) is 3.62. The van der Waals surface area contributed by atoms with Gasteiger partial charge in [0.05, 0.1) is 0 Å². The highest BCUT2D eigenvalue weighted by Crippen LogP contribution is 2.37. The number of aryl methyl sites for hydroxylation is 2. The SMILES string of the molecule is Cc1ccc(Sc2ccc(C)c(C3=CCCC3)c2)cc1C1=CCCC1. The Hall–Kier alpha value is -1.73. The molecule has 0 radical (unpaired) electrons. The van der Waals surface area contributed by atoms with Crippen molar-refractivity contribution < 1.29 is 0 Å². The van der Waals surface area contributed by atoms with Crippen molar-refractivity contribution in [3.63, 3.8) is 0 Å². The number of rotatable bonds is 4. The Morgan fingerprint density at radius 3 is 1.56 bits per heavy atom. The molecule has 0 nitrogen and oxygen atoms in total. The number of allylic oxidation sites excluding steroid dienone is 4. The lowest BCUT2D eigenvalue weighted by Crippen LogP contribution is -1.89. The Labute approximate surface area is 156 Å². The fourth-order valence-electron chi connectivity index (χ4n) is 3.99. The molecule has 0 atom stereocenters. The summed E-state index contributed by atoms with van der Waals surface area (Å²) < 4.78 is 0. The van der Waals surface area contributed by atoms with Gasteiger partial charge in [0.15, 0.2) is 0 Å². The predicted octanol–water partition coefficient (Wildman–Crippen LogP) is 7.59. The minimum atomic E-state index is 1.23. The van der Waals surface area contributed by atoms with E-state index in [4.69, 9.17) is 0 Å². The number of benzene rings is 2. The molecule has 0 saturated heterocycles. The summed E-state index contributed by atoms with van der Waals surface area (Å²) >= 11 is 1.90. The van der Waals surface area contributed by atoms with Crippen LogP contribution >= 0.6 is 11.8 Å². The van der Waals surface area contributed by atoms with Gasteiger partial charge < -0.3 is 0 Å². The molecular formula is C24H26S. The lowest BCUT2D eigenvalue weighted by Gasteiger charge is -2.12. The van der Waals surface area contributed by atoms with Crippen molar-refractivity contribution in [2.24, 2.45) is 0 Å². The lowest BCUT2D eigenvalue weighted by molar-refractivity contribution is 0.934. The fourth-order valence-corrected chi connectivity index (χ4v) is 4.89. The second-order valence-corrected chi connectivity index (χ2v) is 8.45. The summed E-state index contributed by atoms with van der Waals surface area (Å²) in [5.74, 6) is 0. The molecule has 0 aliphatic heterocycles. The smallest absolute Gasteiger partial charge is 0.0128 e. The van der Waals surface area contributed by atoms with Crippen LogP contribution < -0.4 is 0 Å². The van der Waals surface area contributed by atoms with Crippen LogP contribution in [0.25, 0.3) is 11.1 Å². The van der Waals surface area contributed by atoms with Gasteiger partial charge in [0.25, 0.3) is 0 Å². The van der Waals surface area contributed by atoms with E-state index in [1.54, 1.807) is 11.1 Å². The Morgan fingerprint density at radius 1 is 0.680 bits per heavy atom.